The van der Waals surface area contributed by atoms with Gasteiger partial charge in [0.05, 0.1) is 0 Å². The topological polar surface area (TPSA) is 0 Å². The van der Waals surface area contributed by atoms with Gasteiger partial charge in [0.1, 0.15) is 0 Å². The lowest BCUT2D eigenvalue weighted by atomic mass is 9.81. The maximum atomic E-state index is 2.31. The van der Waals surface area contributed by atoms with Crippen LogP contribution in [0.5, 0.6) is 0 Å². The molecule has 0 spiro atoms. The van der Waals surface area contributed by atoms with Crippen molar-refractivity contribution < 1.29 is 0 Å². The van der Waals surface area contributed by atoms with Gasteiger partial charge in [-0.2, -0.15) is 0 Å². The molecular formula is C21H28. The molecule has 0 aromatic heterocycles. The molecule has 21 heavy (non-hydrogen) atoms. The van der Waals surface area contributed by atoms with Crippen LogP contribution in [0.2, 0.25) is 0 Å². The quantitative estimate of drug-likeness (QED) is 0.523. The van der Waals surface area contributed by atoms with E-state index in [1.54, 1.807) is 0 Å². The summed E-state index contributed by atoms with van der Waals surface area (Å²) >= 11 is 0. The van der Waals surface area contributed by atoms with Crippen molar-refractivity contribution in [2.45, 2.75) is 51.9 Å². The van der Waals surface area contributed by atoms with Crippen LogP contribution in [0.4, 0.5) is 0 Å². The van der Waals surface area contributed by atoms with Crippen molar-refractivity contribution >= 4 is 0 Å². The second kappa shape index (κ2) is 8.67. The maximum Gasteiger partial charge on any atom is 0.00919 e. The largest absolute Gasteiger partial charge is 0.0654 e. The van der Waals surface area contributed by atoms with E-state index in [9.17, 15) is 0 Å². The average Bonchev–Trinajstić information content (AvgIpc) is 2.54. The minimum Gasteiger partial charge on any atom is -0.0654 e. The van der Waals surface area contributed by atoms with Crippen LogP contribution >= 0.6 is 0 Å². The molecule has 0 aliphatic carbocycles. The Morgan fingerprint density at radius 3 is 1.48 bits per heavy atom. The highest BCUT2D eigenvalue weighted by Gasteiger charge is 2.18. The van der Waals surface area contributed by atoms with Gasteiger partial charge in [0.15, 0.2) is 0 Å². The summed E-state index contributed by atoms with van der Waals surface area (Å²) in [5.41, 5.74) is 2.92. The van der Waals surface area contributed by atoms with Gasteiger partial charge in [0.2, 0.25) is 0 Å². The molecule has 0 aliphatic rings. The molecule has 0 saturated heterocycles. The van der Waals surface area contributed by atoms with Gasteiger partial charge >= 0.3 is 0 Å². The van der Waals surface area contributed by atoms with Crippen LogP contribution in [0.25, 0.3) is 0 Å². The lowest BCUT2D eigenvalue weighted by molar-refractivity contribution is 0.393. The first-order valence-corrected chi connectivity index (χ1v) is 8.45. The fraction of sp³-hybridized carbons (Fsp3) is 0.429. The van der Waals surface area contributed by atoms with Crippen LogP contribution in [-0.4, -0.2) is 0 Å². The van der Waals surface area contributed by atoms with Crippen molar-refractivity contribution in [3.8, 4) is 0 Å². The van der Waals surface area contributed by atoms with E-state index >= 15 is 0 Å². The van der Waals surface area contributed by atoms with Crippen molar-refractivity contribution in [1.29, 1.82) is 0 Å². The van der Waals surface area contributed by atoms with Crippen LogP contribution in [0.3, 0.4) is 0 Å². The molecule has 0 atom stereocenters. The highest BCUT2D eigenvalue weighted by atomic mass is 14.2. The predicted octanol–water partition coefficient (Wildman–Crippen LogP) is 6.43. The molecule has 0 aliphatic heterocycles. The summed E-state index contributed by atoms with van der Waals surface area (Å²) in [6.07, 6.45) is 6.56. The summed E-state index contributed by atoms with van der Waals surface area (Å²) < 4.78 is 0. The van der Waals surface area contributed by atoms with Gasteiger partial charge in [-0.15, -0.1) is 0 Å². The van der Waals surface area contributed by atoms with Gasteiger partial charge in [-0.1, -0.05) is 100 Å². The zero-order chi connectivity index (χ0) is 14.9. The maximum absolute atomic E-state index is 2.31. The first kappa shape index (κ1) is 15.8. The Morgan fingerprint density at radius 1 is 0.667 bits per heavy atom. The van der Waals surface area contributed by atoms with E-state index in [0.717, 1.165) is 5.92 Å². The molecule has 2 aromatic carbocycles. The minimum atomic E-state index is 0.537. The summed E-state index contributed by atoms with van der Waals surface area (Å²) in [7, 11) is 0. The Labute approximate surface area is 130 Å². The van der Waals surface area contributed by atoms with Gasteiger partial charge in [0.25, 0.3) is 0 Å². The molecule has 0 bridgehead atoms. The van der Waals surface area contributed by atoms with Crippen LogP contribution in [0.15, 0.2) is 60.7 Å². The van der Waals surface area contributed by atoms with Gasteiger partial charge < -0.3 is 0 Å². The Balaban J connectivity index is 2.24. The van der Waals surface area contributed by atoms with Crippen molar-refractivity contribution in [3.05, 3.63) is 71.8 Å². The van der Waals surface area contributed by atoms with E-state index in [0.29, 0.717) is 5.92 Å². The lowest BCUT2D eigenvalue weighted by Crippen LogP contribution is -2.09. The number of benzene rings is 2. The van der Waals surface area contributed by atoms with E-state index in [4.69, 9.17) is 0 Å². The molecule has 0 unspecified atom stereocenters. The van der Waals surface area contributed by atoms with Gasteiger partial charge in [-0.25, -0.2) is 0 Å². The van der Waals surface area contributed by atoms with Crippen LogP contribution in [0, 0.1) is 5.92 Å². The summed E-state index contributed by atoms with van der Waals surface area (Å²) in [6, 6.07) is 22.0. The first-order valence-electron chi connectivity index (χ1n) is 8.45. The first-order chi connectivity index (χ1) is 10.3. The molecule has 0 heteroatoms. The number of hydrogen-bond donors (Lipinski definition) is 0. The van der Waals surface area contributed by atoms with Crippen LogP contribution < -0.4 is 0 Å². The molecule has 0 N–H and O–H groups in total. The molecule has 0 saturated carbocycles. The van der Waals surface area contributed by atoms with Crippen molar-refractivity contribution in [2.24, 2.45) is 5.92 Å². The summed E-state index contributed by atoms with van der Waals surface area (Å²) in [6.45, 7) is 4.62. The van der Waals surface area contributed by atoms with E-state index in [-0.39, 0.29) is 0 Å². The molecule has 2 aromatic rings. The standard InChI is InChI=1S/C21H28/c1-3-11-18(12-4-2)17-21(19-13-7-5-8-14-19)20-15-9-6-10-16-20/h5-10,13-16,18,21H,3-4,11-12,17H2,1-2H3. The predicted molar refractivity (Wildman–Crippen MR) is 92.7 cm³/mol. The fourth-order valence-electron chi connectivity index (χ4n) is 3.37. The minimum absolute atomic E-state index is 0.537. The van der Waals surface area contributed by atoms with E-state index in [1.165, 1.54) is 43.2 Å². The van der Waals surface area contributed by atoms with Crippen LogP contribution in [-0.2, 0) is 0 Å². The summed E-state index contributed by atoms with van der Waals surface area (Å²) in [5, 5.41) is 0. The average molecular weight is 280 g/mol. The highest BCUT2D eigenvalue weighted by Crippen LogP contribution is 2.34. The molecule has 0 nitrogen and oxygen atoms in total. The Hall–Kier alpha value is -1.56. The third-order valence-corrected chi connectivity index (χ3v) is 4.37. The fourth-order valence-corrected chi connectivity index (χ4v) is 3.37. The summed E-state index contributed by atoms with van der Waals surface area (Å²) in [4.78, 5) is 0. The molecule has 2 rings (SSSR count). The number of hydrogen-bond acceptors (Lipinski definition) is 0. The Kier molecular flexibility index (Phi) is 6.53. The SMILES string of the molecule is CCCC(CCC)CC(c1ccccc1)c1ccccc1. The lowest BCUT2D eigenvalue weighted by Gasteiger charge is -2.24. The number of rotatable bonds is 8. The Bertz CT molecular complexity index is 440. The van der Waals surface area contributed by atoms with Crippen molar-refractivity contribution in [1.82, 2.24) is 0 Å². The van der Waals surface area contributed by atoms with E-state index in [1.807, 2.05) is 0 Å². The zero-order valence-corrected chi connectivity index (χ0v) is 13.5. The molecule has 0 amide bonds. The Morgan fingerprint density at radius 2 is 1.10 bits per heavy atom. The normalized spacial score (nSPS) is 11.2. The second-order valence-electron chi connectivity index (χ2n) is 6.05. The molecule has 0 fully saturated rings. The van der Waals surface area contributed by atoms with E-state index in [2.05, 4.69) is 74.5 Å². The third kappa shape index (κ3) is 4.74. The van der Waals surface area contributed by atoms with Crippen molar-refractivity contribution in [2.75, 3.05) is 0 Å². The zero-order valence-electron chi connectivity index (χ0n) is 13.5. The molecule has 112 valence electrons. The summed E-state index contributed by atoms with van der Waals surface area (Å²) in [5.74, 6) is 1.38. The van der Waals surface area contributed by atoms with Crippen molar-refractivity contribution in [3.63, 3.8) is 0 Å². The smallest absolute Gasteiger partial charge is 0.00919 e. The van der Waals surface area contributed by atoms with Gasteiger partial charge in [-0.3, -0.25) is 0 Å². The molecule has 0 heterocycles. The highest BCUT2D eigenvalue weighted by molar-refractivity contribution is 5.32. The van der Waals surface area contributed by atoms with E-state index < -0.39 is 0 Å². The molecular weight excluding hydrogens is 252 g/mol. The van der Waals surface area contributed by atoms with Gasteiger partial charge in [0, 0.05) is 5.92 Å². The molecule has 0 radical (unpaired) electrons. The second-order valence-corrected chi connectivity index (χ2v) is 6.05. The monoisotopic (exact) mass is 280 g/mol. The third-order valence-electron chi connectivity index (χ3n) is 4.37. The van der Waals surface area contributed by atoms with Crippen LogP contribution in [0.1, 0.15) is 63.0 Å². The van der Waals surface area contributed by atoms with Gasteiger partial charge in [-0.05, 0) is 23.5 Å².